The van der Waals surface area contributed by atoms with Crippen molar-refractivity contribution in [1.29, 1.82) is 0 Å². The molecule has 0 radical (unpaired) electrons. The summed E-state index contributed by atoms with van der Waals surface area (Å²) in [5, 5.41) is 0. The number of hydrogen-bond donors (Lipinski definition) is 0. The summed E-state index contributed by atoms with van der Waals surface area (Å²) in [6, 6.07) is 0. The van der Waals surface area contributed by atoms with Crippen molar-refractivity contribution in [1.82, 2.24) is 0 Å². The molecule has 0 N–H and O–H groups in total. The largest absolute Gasteiger partial charge is 0.466 e. The van der Waals surface area contributed by atoms with Crippen LogP contribution in [-0.4, -0.2) is 25.2 Å². The Morgan fingerprint density at radius 2 is 1.67 bits per heavy atom. The summed E-state index contributed by atoms with van der Waals surface area (Å²) in [4.78, 5) is 24.3. The first kappa shape index (κ1) is 16.1. The van der Waals surface area contributed by atoms with Crippen molar-refractivity contribution in [2.75, 3.05) is 13.2 Å². The number of hydrogen-bond acceptors (Lipinski definition) is 4. The minimum absolute atomic E-state index is 0.206. The summed E-state index contributed by atoms with van der Waals surface area (Å²) in [7, 11) is 0. The topological polar surface area (TPSA) is 52.6 Å². The quantitative estimate of drug-likeness (QED) is 0.577. The molecule has 1 saturated carbocycles. The summed E-state index contributed by atoms with van der Waals surface area (Å²) in [6.07, 6.45) is 10.9. The Morgan fingerprint density at radius 3 is 2.24 bits per heavy atom. The van der Waals surface area contributed by atoms with Crippen LogP contribution in [0.25, 0.3) is 0 Å². The molecule has 0 heterocycles. The molecular formula is C17H26O4. The maximum atomic E-state index is 12.3. The third kappa shape index (κ3) is 4.58. The highest BCUT2D eigenvalue weighted by Gasteiger charge is 2.37. The fraction of sp³-hybridized carbons (Fsp3) is 0.765. The van der Waals surface area contributed by atoms with Crippen LogP contribution in [0.1, 0.15) is 51.9 Å². The Morgan fingerprint density at radius 1 is 1.00 bits per heavy atom. The average Bonchev–Trinajstić information content (AvgIpc) is 2.54. The van der Waals surface area contributed by atoms with Crippen molar-refractivity contribution in [3.8, 4) is 0 Å². The normalized spacial score (nSPS) is 28.9. The molecule has 0 amide bonds. The van der Waals surface area contributed by atoms with Crippen LogP contribution in [-0.2, 0) is 19.1 Å². The van der Waals surface area contributed by atoms with E-state index < -0.39 is 0 Å². The third-order valence-electron chi connectivity index (χ3n) is 4.50. The first-order valence-corrected chi connectivity index (χ1v) is 8.20. The van der Waals surface area contributed by atoms with Crippen molar-refractivity contribution in [2.24, 2.45) is 17.8 Å². The van der Waals surface area contributed by atoms with E-state index in [-0.39, 0.29) is 23.8 Å². The van der Waals surface area contributed by atoms with Crippen LogP contribution in [0.2, 0.25) is 0 Å². The second kappa shape index (κ2) is 8.20. The predicted molar refractivity (Wildman–Crippen MR) is 79.5 cm³/mol. The van der Waals surface area contributed by atoms with Gasteiger partial charge in [-0.15, -0.1) is 0 Å². The van der Waals surface area contributed by atoms with Gasteiger partial charge in [-0.1, -0.05) is 25.0 Å². The molecule has 0 aromatic carbocycles. The Hall–Kier alpha value is -1.32. The fourth-order valence-electron chi connectivity index (χ4n) is 3.26. The summed E-state index contributed by atoms with van der Waals surface area (Å²) in [6.45, 7) is 2.64. The maximum Gasteiger partial charge on any atom is 0.309 e. The minimum Gasteiger partial charge on any atom is -0.466 e. The van der Waals surface area contributed by atoms with E-state index in [9.17, 15) is 9.59 Å². The molecule has 4 nitrogen and oxygen atoms in total. The Bertz CT molecular complexity index is 388. The molecule has 0 spiro atoms. The molecule has 1 fully saturated rings. The molecule has 2 aliphatic carbocycles. The number of rotatable bonds is 5. The Balaban J connectivity index is 1.85. The molecule has 0 aromatic heterocycles. The van der Waals surface area contributed by atoms with Gasteiger partial charge in [-0.3, -0.25) is 9.59 Å². The van der Waals surface area contributed by atoms with Gasteiger partial charge in [0, 0.05) is 0 Å². The molecule has 21 heavy (non-hydrogen) atoms. The molecule has 0 aromatic rings. The standard InChI is InChI=1S/C17H26O4/c1-2-20-16(18)14-10-6-7-11-15(14)17(19)21-12-13-8-4-3-5-9-13/h3-4,13-15H,2,5-12H2,1H3. The smallest absolute Gasteiger partial charge is 0.309 e. The molecule has 4 heteroatoms. The molecule has 2 rings (SSSR count). The zero-order valence-corrected chi connectivity index (χ0v) is 12.9. The van der Waals surface area contributed by atoms with Crippen LogP contribution in [0.5, 0.6) is 0 Å². The average molecular weight is 294 g/mol. The second-order valence-corrected chi connectivity index (χ2v) is 6.03. The number of ether oxygens (including phenoxy) is 2. The van der Waals surface area contributed by atoms with E-state index in [0.29, 0.717) is 19.1 Å². The highest BCUT2D eigenvalue weighted by atomic mass is 16.5. The van der Waals surface area contributed by atoms with E-state index >= 15 is 0 Å². The molecule has 0 saturated heterocycles. The van der Waals surface area contributed by atoms with E-state index in [4.69, 9.17) is 9.47 Å². The van der Waals surface area contributed by atoms with Crippen molar-refractivity contribution < 1.29 is 19.1 Å². The van der Waals surface area contributed by atoms with Gasteiger partial charge in [0.15, 0.2) is 0 Å². The van der Waals surface area contributed by atoms with Gasteiger partial charge >= 0.3 is 11.9 Å². The Labute approximate surface area is 126 Å². The first-order chi connectivity index (χ1) is 10.2. The van der Waals surface area contributed by atoms with E-state index in [1.165, 1.54) is 0 Å². The molecule has 3 unspecified atom stereocenters. The van der Waals surface area contributed by atoms with Crippen molar-refractivity contribution in [3.63, 3.8) is 0 Å². The lowest BCUT2D eigenvalue weighted by Gasteiger charge is -2.28. The highest BCUT2D eigenvalue weighted by molar-refractivity contribution is 5.82. The molecule has 2 aliphatic rings. The summed E-state index contributed by atoms with van der Waals surface area (Å²) < 4.78 is 10.6. The number of allylic oxidation sites excluding steroid dienone is 2. The van der Waals surface area contributed by atoms with Gasteiger partial charge in [-0.05, 0) is 44.9 Å². The lowest BCUT2D eigenvalue weighted by atomic mass is 9.79. The van der Waals surface area contributed by atoms with E-state index in [1.54, 1.807) is 6.92 Å². The molecule has 0 aliphatic heterocycles. The van der Waals surface area contributed by atoms with Crippen molar-refractivity contribution >= 4 is 11.9 Å². The van der Waals surface area contributed by atoms with Crippen LogP contribution in [0, 0.1) is 17.8 Å². The second-order valence-electron chi connectivity index (χ2n) is 6.03. The van der Waals surface area contributed by atoms with E-state index in [2.05, 4.69) is 12.2 Å². The van der Waals surface area contributed by atoms with Gasteiger partial charge in [-0.25, -0.2) is 0 Å². The lowest BCUT2D eigenvalue weighted by Crippen LogP contribution is -2.35. The maximum absolute atomic E-state index is 12.3. The molecular weight excluding hydrogens is 268 g/mol. The fourth-order valence-corrected chi connectivity index (χ4v) is 3.26. The number of esters is 2. The van der Waals surface area contributed by atoms with Crippen LogP contribution < -0.4 is 0 Å². The number of carbonyl (C=O) groups excluding carboxylic acids is 2. The van der Waals surface area contributed by atoms with Crippen LogP contribution in [0.4, 0.5) is 0 Å². The van der Waals surface area contributed by atoms with Crippen LogP contribution >= 0.6 is 0 Å². The number of carbonyl (C=O) groups is 2. The van der Waals surface area contributed by atoms with Gasteiger partial charge in [0.2, 0.25) is 0 Å². The van der Waals surface area contributed by atoms with Crippen LogP contribution in [0.3, 0.4) is 0 Å². The predicted octanol–water partition coefficient (Wildman–Crippen LogP) is 3.26. The summed E-state index contributed by atoms with van der Waals surface area (Å²) in [5.74, 6) is -0.625. The SMILES string of the molecule is CCOC(=O)C1CCCCC1C(=O)OCC1CC=CCC1. The zero-order chi connectivity index (χ0) is 15.1. The van der Waals surface area contributed by atoms with Crippen molar-refractivity contribution in [3.05, 3.63) is 12.2 Å². The zero-order valence-electron chi connectivity index (χ0n) is 12.9. The van der Waals surface area contributed by atoms with E-state index in [0.717, 1.165) is 44.9 Å². The Kier molecular flexibility index (Phi) is 6.27. The molecule has 3 atom stereocenters. The monoisotopic (exact) mass is 294 g/mol. The molecule has 118 valence electrons. The van der Waals surface area contributed by atoms with Gasteiger partial charge in [0.25, 0.3) is 0 Å². The summed E-state index contributed by atoms with van der Waals surface area (Å²) >= 11 is 0. The third-order valence-corrected chi connectivity index (χ3v) is 4.50. The van der Waals surface area contributed by atoms with Gasteiger partial charge < -0.3 is 9.47 Å². The molecule has 0 bridgehead atoms. The first-order valence-electron chi connectivity index (χ1n) is 8.20. The minimum atomic E-state index is -0.308. The van der Waals surface area contributed by atoms with Crippen LogP contribution in [0.15, 0.2) is 12.2 Å². The van der Waals surface area contributed by atoms with Gasteiger partial charge in [0.05, 0.1) is 25.0 Å². The lowest BCUT2D eigenvalue weighted by molar-refractivity contribution is -0.163. The highest BCUT2D eigenvalue weighted by Crippen LogP contribution is 2.32. The van der Waals surface area contributed by atoms with Crippen molar-refractivity contribution in [2.45, 2.75) is 51.9 Å². The van der Waals surface area contributed by atoms with Gasteiger partial charge in [0.1, 0.15) is 0 Å². The van der Waals surface area contributed by atoms with E-state index in [1.807, 2.05) is 0 Å². The summed E-state index contributed by atoms with van der Waals surface area (Å²) in [5.41, 5.74) is 0. The van der Waals surface area contributed by atoms with Gasteiger partial charge in [-0.2, -0.15) is 0 Å².